The lowest BCUT2D eigenvalue weighted by atomic mass is 9.73. The Bertz CT molecular complexity index is 1540. The van der Waals surface area contributed by atoms with Crippen molar-refractivity contribution >= 4 is 28.0 Å². The Morgan fingerprint density at radius 3 is 2.69 bits per heavy atom. The van der Waals surface area contributed by atoms with Crippen molar-refractivity contribution in [1.29, 1.82) is 5.26 Å². The zero-order chi connectivity index (χ0) is 25.8. The standard InChI is InChI=1S/C27H28FN5O3/c1-15-12-18(4-5-19(15)28)33-20-13-17-14-30-32-24(17)31-22(20)21(23(33)26(2,3)10-11-29)16-6-8-27(36,9-7-16)25(34)35/h4-5,12-14,16,36H,6-10H2,1-3H3,(H,34,35)(H,30,31,32)/t16-,27+. The second-order valence-corrected chi connectivity index (χ2v) is 10.5. The van der Waals surface area contributed by atoms with E-state index in [1.54, 1.807) is 25.3 Å². The van der Waals surface area contributed by atoms with Crippen LogP contribution in [0.5, 0.6) is 0 Å². The van der Waals surface area contributed by atoms with E-state index in [2.05, 4.69) is 20.8 Å². The first-order valence-electron chi connectivity index (χ1n) is 12.0. The Morgan fingerprint density at radius 2 is 2.06 bits per heavy atom. The van der Waals surface area contributed by atoms with Crippen molar-refractivity contribution < 1.29 is 19.4 Å². The van der Waals surface area contributed by atoms with Gasteiger partial charge in [0.1, 0.15) is 5.82 Å². The number of rotatable bonds is 5. The first-order valence-corrected chi connectivity index (χ1v) is 12.0. The van der Waals surface area contributed by atoms with Crippen LogP contribution in [-0.2, 0) is 10.2 Å². The maximum atomic E-state index is 14.2. The van der Waals surface area contributed by atoms with E-state index in [1.165, 1.54) is 6.07 Å². The lowest BCUT2D eigenvalue weighted by Gasteiger charge is -2.35. The Balaban J connectivity index is 1.83. The molecule has 3 heterocycles. The van der Waals surface area contributed by atoms with Crippen LogP contribution in [0.25, 0.3) is 27.8 Å². The molecule has 0 unspecified atom stereocenters. The zero-order valence-electron chi connectivity index (χ0n) is 20.5. The number of carboxylic acid groups (broad SMARTS) is 1. The van der Waals surface area contributed by atoms with Gasteiger partial charge in [-0.25, -0.2) is 14.2 Å². The van der Waals surface area contributed by atoms with Gasteiger partial charge >= 0.3 is 5.97 Å². The first-order chi connectivity index (χ1) is 17.1. The molecule has 0 aliphatic heterocycles. The van der Waals surface area contributed by atoms with Gasteiger partial charge in [-0.1, -0.05) is 13.8 Å². The van der Waals surface area contributed by atoms with Gasteiger partial charge < -0.3 is 14.8 Å². The second kappa shape index (κ2) is 8.42. The summed E-state index contributed by atoms with van der Waals surface area (Å²) in [4.78, 5) is 16.6. The summed E-state index contributed by atoms with van der Waals surface area (Å²) in [7, 11) is 0. The van der Waals surface area contributed by atoms with E-state index in [9.17, 15) is 24.7 Å². The van der Waals surface area contributed by atoms with Crippen molar-refractivity contribution in [3.8, 4) is 11.8 Å². The smallest absolute Gasteiger partial charge is 0.335 e. The van der Waals surface area contributed by atoms with Gasteiger partial charge in [0.05, 0.1) is 23.3 Å². The zero-order valence-corrected chi connectivity index (χ0v) is 20.5. The molecule has 1 aliphatic carbocycles. The van der Waals surface area contributed by atoms with Gasteiger partial charge in [-0.2, -0.15) is 10.4 Å². The van der Waals surface area contributed by atoms with E-state index in [1.807, 2.05) is 19.9 Å². The quantitative estimate of drug-likeness (QED) is 0.361. The summed E-state index contributed by atoms with van der Waals surface area (Å²) in [5.74, 6) is -1.58. The molecule has 1 fully saturated rings. The number of hydrogen-bond acceptors (Lipinski definition) is 5. The number of aromatic amines is 1. The molecule has 1 aliphatic rings. The molecule has 8 nitrogen and oxygen atoms in total. The van der Waals surface area contributed by atoms with E-state index in [4.69, 9.17) is 4.98 Å². The topological polar surface area (TPSA) is 128 Å². The van der Waals surface area contributed by atoms with Crippen molar-refractivity contribution in [2.24, 2.45) is 0 Å². The molecule has 3 aromatic heterocycles. The van der Waals surface area contributed by atoms with Gasteiger partial charge in [-0.15, -0.1) is 0 Å². The average Bonchev–Trinajstić information content (AvgIpc) is 3.42. The molecule has 0 radical (unpaired) electrons. The number of nitrogens with zero attached hydrogens (tertiary/aromatic N) is 4. The van der Waals surface area contributed by atoms with E-state index in [-0.39, 0.29) is 31.0 Å². The summed E-state index contributed by atoms with van der Waals surface area (Å²) in [6, 6.07) is 9.25. The molecule has 0 spiro atoms. The van der Waals surface area contributed by atoms with Gasteiger partial charge in [0.2, 0.25) is 0 Å². The molecule has 0 amide bonds. The molecule has 0 atom stereocenters. The number of aromatic nitrogens is 4. The largest absolute Gasteiger partial charge is 0.479 e. The van der Waals surface area contributed by atoms with Crippen molar-refractivity contribution in [1.82, 2.24) is 19.7 Å². The number of H-pyrrole nitrogens is 1. The Kier molecular flexibility index (Phi) is 5.60. The molecule has 1 aromatic carbocycles. The minimum atomic E-state index is -1.74. The van der Waals surface area contributed by atoms with E-state index in [0.29, 0.717) is 24.1 Å². The first kappa shape index (κ1) is 23.9. The number of aliphatic carboxylic acids is 1. The molecule has 9 heteroatoms. The van der Waals surface area contributed by atoms with Crippen LogP contribution in [0.4, 0.5) is 4.39 Å². The monoisotopic (exact) mass is 489 g/mol. The number of nitrogens with one attached hydrogen (secondary N) is 1. The Hall–Kier alpha value is -3.77. The fraction of sp³-hybridized carbons (Fsp3) is 0.407. The minimum absolute atomic E-state index is 0.0734. The summed E-state index contributed by atoms with van der Waals surface area (Å²) < 4.78 is 16.3. The maximum Gasteiger partial charge on any atom is 0.335 e. The highest BCUT2D eigenvalue weighted by molar-refractivity contribution is 5.94. The van der Waals surface area contributed by atoms with Crippen LogP contribution in [0.2, 0.25) is 0 Å². The van der Waals surface area contributed by atoms with E-state index in [0.717, 1.165) is 33.4 Å². The molecule has 36 heavy (non-hydrogen) atoms. The van der Waals surface area contributed by atoms with Crippen LogP contribution < -0.4 is 0 Å². The fourth-order valence-electron chi connectivity index (χ4n) is 5.56. The van der Waals surface area contributed by atoms with Gasteiger partial charge in [0.15, 0.2) is 11.2 Å². The summed E-state index contributed by atoms with van der Waals surface area (Å²) >= 11 is 0. The van der Waals surface area contributed by atoms with Crippen LogP contribution in [0, 0.1) is 24.1 Å². The fourth-order valence-corrected chi connectivity index (χ4v) is 5.56. The van der Waals surface area contributed by atoms with Crippen LogP contribution in [0.1, 0.15) is 68.7 Å². The number of pyridine rings is 1. The summed E-state index contributed by atoms with van der Waals surface area (Å²) in [6.07, 6.45) is 3.11. The Labute approximate surface area is 207 Å². The number of carboxylic acids is 1. The average molecular weight is 490 g/mol. The predicted octanol–water partition coefficient (Wildman–Crippen LogP) is 5.01. The van der Waals surface area contributed by atoms with Crippen molar-refractivity contribution in [2.45, 2.75) is 69.8 Å². The number of benzene rings is 1. The summed E-state index contributed by atoms with van der Waals surface area (Å²) in [5.41, 5.74) is 2.92. The van der Waals surface area contributed by atoms with Crippen molar-refractivity contribution in [3.05, 3.63) is 53.1 Å². The molecular weight excluding hydrogens is 461 g/mol. The highest BCUT2D eigenvalue weighted by atomic mass is 19.1. The number of fused-ring (bicyclic) bond motifs is 2. The second-order valence-electron chi connectivity index (χ2n) is 10.5. The Morgan fingerprint density at radius 1 is 1.33 bits per heavy atom. The van der Waals surface area contributed by atoms with Crippen molar-refractivity contribution in [2.75, 3.05) is 0 Å². The molecule has 3 N–H and O–H groups in total. The number of hydrogen-bond donors (Lipinski definition) is 3. The maximum absolute atomic E-state index is 14.2. The number of aliphatic hydroxyl groups is 1. The molecule has 0 saturated heterocycles. The molecular formula is C27H28FN5O3. The van der Waals surface area contributed by atoms with E-state index < -0.39 is 17.0 Å². The summed E-state index contributed by atoms with van der Waals surface area (Å²) in [6.45, 7) is 5.72. The number of carbonyl (C=O) groups is 1. The van der Waals surface area contributed by atoms with E-state index >= 15 is 0 Å². The highest BCUT2D eigenvalue weighted by Gasteiger charge is 2.43. The summed E-state index contributed by atoms with van der Waals surface area (Å²) in [5, 5.41) is 37.7. The van der Waals surface area contributed by atoms with Crippen LogP contribution in [0.15, 0.2) is 30.5 Å². The van der Waals surface area contributed by atoms with Crippen LogP contribution >= 0.6 is 0 Å². The van der Waals surface area contributed by atoms with Gasteiger partial charge in [-0.05, 0) is 68.4 Å². The molecule has 186 valence electrons. The van der Waals surface area contributed by atoms with Crippen LogP contribution in [0.3, 0.4) is 0 Å². The highest BCUT2D eigenvalue weighted by Crippen LogP contribution is 2.47. The third kappa shape index (κ3) is 3.73. The lowest BCUT2D eigenvalue weighted by molar-refractivity contribution is -0.162. The molecule has 5 rings (SSSR count). The molecule has 4 aromatic rings. The molecule has 1 saturated carbocycles. The third-order valence-electron chi connectivity index (χ3n) is 7.56. The lowest BCUT2D eigenvalue weighted by Crippen LogP contribution is -2.41. The third-order valence-corrected chi connectivity index (χ3v) is 7.56. The number of halogens is 1. The normalized spacial score (nSPS) is 20.6. The molecule has 0 bridgehead atoms. The minimum Gasteiger partial charge on any atom is -0.479 e. The van der Waals surface area contributed by atoms with Gasteiger partial charge in [0.25, 0.3) is 0 Å². The predicted molar refractivity (Wildman–Crippen MR) is 132 cm³/mol. The van der Waals surface area contributed by atoms with Gasteiger partial charge in [0, 0.05) is 34.2 Å². The van der Waals surface area contributed by atoms with Crippen LogP contribution in [-0.4, -0.2) is 41.5 Å². The van der Waals surface area contributed by atoms with Crippen molar-refractivity contribution in [3.63, 3.8) is 0 Å². The SMILES string of the molecule is Cc1cc(-n2c(C(C)(C)CC#N)c([C@H]3CC[C@](O)(C(=O)O)CC3)c3nc4[nH]ncc4cc32)ccc1F. The number of nitriles is 1. The number of aryl methyl sites for hydroxylation is 1. The van der Waals surface area contributed by atoms with Gasteiger partial charge in [-0.3, -0.25) is 5.10 Å².